The average molecular weight is 400 g/mol. The number of hydrogen-bond acceptors (Lipinski definition) is 4. The van der Waals surface area contributed by atoms with Crippen LogP contribution >= 0.6 is 0 Å². The molecule has 1 unspecified atom stereocenters. The Morgan fingerprint density at radius 3 is 2.47 bits per heavy atom. The topological polar surface area (TPSA) is 36.7 Å². The van der Waals surface area contributed by atoms with Crippen LogP contribution in [0.25, 0.3) is 0 Å². The molecule has 2 aliphatic rings. The Hall–Kier alpha value is -3.08. The van der Waals surface area contributed by atoms with Gasteiger partial charge in [0.25, 0.3) is 0 Å². The Balaban J connectivity index is 1.51. The van der Waals surface area contributed by atoms with E-state index in [9.17, 15) is 0 Å². The van der Waals surface area contributed by atoms with Crippen molar-refractivity contribution in [2.24, 2.45) is 4.99 Å². The van der Waals surface area contributed by atoms with E-state index in [4.69, 9.17) is 4.99 Å². The third-order valence-corrected chi connectivity index (χ3v) is 6.15. The molecule has 1 fully saturated rings. The van der Waals surface area contributed by atoms with Gasteiger partial charge in [0.05, 0.1) is 17.7 Å². The average Bonchev–Trinajstić information content (AvgIpc) is 3.33. The zero-order valence-corrected chi connectivity index (χ0v) is 17.4. The highest BCUT2D eigenvalue weighted by molar-refractivity contribution is 5.98. The van der Waals surface area contributed by atoms with Crippen LogP contribution < -0.4 is 4.90 Å². The fourth-order valence-electron chi connectivity index (χ4n) is 4.69. The minimum Gasteiger partial charge on any atom is -0.358 e. The largest absolute Gasteiger partial charge is 0.358 e. The second-order valence-corrected chi connectivity index (χ2v) is 8.17. The molecule has 0 N–H and O–H groups in total. The molecule has 30 heavy (non-hydrogen) atoms. The molecule has 0 bridgehead atoms. The van der Waals surface area contributed by atoms with Gasteiger partial charge in [0.2, 0.25) is 0 Å². The number of aromatic nitrogens is 2. The van der Waals surface area contributed by atoms with Crippen molar-refractivity contribution in [1.29, 1.82) is 0 Å². The van der Waals surface area contributed by atoms with Gasteiger partial charge >= 0.3 is 0 Å². The normalized spacial score (nSPS) is 18.8. The van der Waals surface area contributed by atoms with Crippen LogP contribution in [0.3, 0.4) is 0 Å². The molecule has 2 aromatic carbocycles. The van der Waals surface area contributed by atoms with Gasteiger partial charge < -0.3 is 14.4 Å². The number of benzene rings is 2. The number of nitrogens with zero attached hydrogens (tertiary/aromatic N) is 5. The van der Waals surface area contributed by atoms with E-state index < -0.39 is 0 Å². The first-order valence-corrected chi connectivity index (χ1v) is 11.1. The van der Waals surface area contributed by atoms with Crippen molar-refractivity contribution in [1.82, 2.24) is 14.5 Å². The fraction of sp³-hybridized carbons (Fsp3) is 0.360. The van der Waals surface area contributed by atoms with Crippen molar-refractivity contribution in [3.8, 4) is 0 Å². The smallest absolute Gasteiger partial charge is 0.132 e. The van der Waals surface area contributed by atoms with Crippen LogP contribution in [-0.2, 0) is 6.54 Å². The number of hydrogen-bond donors (Lipinski definition) is 0. The van der Waals surface area contributed by atoms with E-state index >= 15 is 0 Å². The van der Waals surface area contributed by atoms with Gasteiger partial charge in [-0.2, -0.15) is 0 Å². The Labute approximate surface area is 178 Å². The summed E-state index contributed by atoms with van der Waals surface area (Å²) in [5.41, 5.74) is 3.64. The summed E-state index contributed by atoms with van der Waals surface area (Å²) >= 11 is 0. The lowest BCUT2D eigenvalue weighted by Gasteiger charge is -2.43. The number of aryl methyl sites for hydroxylation is 1. The third kappa shape index (κ3) is 3.84. The number of para-hydroxylation sites is 2. The number of piperidine rings is 1. The Morgan fingerprint density at radius 1 is 0.867 bits per heavy atom. The van der Waals surface area contributed by atoms with Crippen LogP contribution in [0.5, 0.6) is 0 Å². The molecule has 3 heterocycles. The number of likely N-dealkylation sites (tertiary alicyclic amines) is 1. The quantitative estimate of drug-likeness (QED) is 0.602. The van der Waals surface area contributed by atoms with E-state index in [2.05, 4.69) is 73.9 Å². The molecule has 0 amide bonds. The van der Waals surface area contributed by atoms with Crippen molar-refractivity contribution in [2.75, 3.05) is 24.5 Å². The summed E-state index contributed by atoms with van der Waals surface area (Å²) in [7, 11) is 0. The lowest BCUT2D eigenvalue weighted by atomic mass is 9.98. The molecular weight excluding hydrogens is 370 g/mol. The van der Waals surface area contributed by atoms with E-state index in [-0.39, 0.29) is 6.04 Å². The van der Waals surface area contributed by atoms with Crippen LogP contribution in [0.1, 0.15) is 37.3 Å². The number of rotatable bonds is 5. The van der Waals surface area contributed by atoms with E-state index in [1.165, 1.54) is 36.3 Å². The first-order valence-electron chi connectivity index (χ1n) is 11.1. The summed E-state index contributed by atoms with van der Waals surface area (Å²) in [6, 6.07) is 19.7. The summed E-state index contributed by atoms with van der Waals surface area (Å²) in [6.07, 6.45) is 10.7. The summed E-state index contributed by atoms with van der Waals surface area (Å²) in [6.45, 7) is 4.15. The van der Waals surface area contributed by atoms with Gasteiger partial charge in [-0.05, 0) is 43.4 Å². The van der Waals surface area contributed by atoms with Crippen molar-refractivity contribution in [2.45, 2.75) is 38.3 Å². The van der Waals surface area contributed by atoms with Gasteiger partial charge in [-0.15, -0.1) is 0 Å². The minimum atomic E-state index is 0.155. The van der Waals surface area contributed by atoms with E-state index in [1.807, 2.05) is 18.7 Å². The first kappa shape index (κ1) is 18.9. The second-order valence-electron chi connectivity index (χ2n) is 8.17. The van der Waals surface area contributed by atoms with Crippen molar-refractivity contribution >= 4 is 17.2 Å². The van der Waals surface area contributed by atoms with E-state index in [0.29, 0.717) is 0 Å². The molecule has 154 valence electrons. The molecule has 0 radical (unpaired) electrons. The van der Waals surface area contributed by atoms with Crippen LogP contribution in [0.15, 0.2) is 78.3 Å². The molecule has 0 aliphatic carbocycles. The van der Waals surface area contributed by atoms with Crippen LogP contribution in [-0.4, -0.2) is 39.9 Å². The number of anilines is 1. The fourth-order valence-corrected chi connectivity index (χ4v) is 4.69. The van der Waals surface area contributed by atoms with E-state index in [1.54, 1.807) is 0 Å². The van der Waals surface area contributed by atoms with Crippen molar-refractivity contribution in [3.63, 3.8) is 0 Å². The van der Waals surface area contributed by atoms with Gasteiger partial charge in [-0.25, -0.2) is 9.98 Å². The van der Waals surface area contributed by atoms with Gasteiger partial charge in [0.15, 0.2) is 0 Å². The van der Waals surface area contributed by atoms with Crippen LogP contribution in [0.4, 0.5) is 11.4 Å². The maximum absolute atomic E-state index is 5.22. The molecule has 1 aromatic heterocycles. The molecule has 5 heteroatoms. The van der Waals surface area contributed by atoms with Gasteiger partial charge in [-0.3, -0.25) is 0 Å². The predicted octanol–water partition coefficient (Wildman–Crippen LogP) is 5.05. The predicted molar refractivity (Wildman–Crippen MR) is 122 cm³/mol. The molecular formula is C25H29N5. The van der Waals surface area contributed by atoms with Crippen LogP contribution in [0, 0.1) is 0 Å². The minimum absolute atomic E-state index is 0.155. The highest BCUT2D eigenvalue weighted by atomic mass is 15.3. The molecule has 5 rings (SSSR count). The number of imidazole rings is 1. The highest BCUT2D eigenvalue weighted by Crippen LogP contribution is 2.41. The molecule has 3 aromatic rings. The second kappa shape index (κ2) is 8.74. The number of aliphatic imine (C=N–C) groups is 1. The Morgan fingerprint density at radius 2 is 1.67 bits per heavy atom. The zero-order chi connectivity index (χ0) is 20.2. The van der Waals surface area contributed by atoms with Crippen molar-refractivity contribution < 1.29 is 0 Å². The van der Waals surface area contributed by atoms with Crippen molar-refractivity contribution in [3.05, 3.63) is 78.9 Å². The third-order valence-electron chi connectivity index (χ3n) is 6.15. The lowest BCUT2D eigenvalue weighted by Crippen LogP contribution is -2.47. The molecule has 5 nitrogen and oxygen atoms in total. The van der Waals surface area contributed by atoms with Gasteiger partial charge in [0, 0.05) is 38.6 Å². The summed E-state index contributed by atoms with van der Waals surface area (Å²) in [5, 5.41) is 0. The summed E-state index contributed by atoms with van der Waals surface area (Å²) < 4.78 is 2.16. The first-order chi connectivity index (χ1) is 14.9. The molecule has 1 atom stereocenters. The Bertz CT molecular complexity index is 974. The summed E-state index contributed by atoms with van der Waals surface area (Å²) in [4.78, 5) is 14.5. The van der Waals surface area contributed by atoms with Gasteiger partial charge in [-0.1, -0.05) is 42.5 Å². The highest BCUT2D eigenvalue weighted by Gasteiger charge is 2.34. The van der Waals surface area contributed by atoms with Crippen LogP contribution in [0.2, 0.25) is 0 Å². The monoisotopic (exact) mass is 399 g/mol. The number of amidine groups is 1. The van der Waals surface area contributed by atoms with E-state index in [0.717, 1.165) is 38.3 Å². The molecule has 1 saturated heterocycles. The molecule has 2 aliphatic heterocycles. The van der Waals surface area contributed by atoms with Gasteiger partial charge in [0.1, 0.15) is 11.9 Å². The SMILES string of the molecule is c1ccc(C2C(N3CCCCC3)=Nc3ccccc3N2CCCn2ccnc2)cc1. The number of fused-ring (bicyclic) bond motifs is 1. The molecule has 0 spiro atoms. The maximum Gasteiger partial charge on any atom is 0.132 e. The lowest BCUT2D eigenvalue weighted by molar-refractivity contribution is 0.330. The standard InChI is InChI=1S/C25H29N5/c1-3-10-21(11-4-1)24-25(29-16-7-2-8-17-29)27-22-12-5-6-13-23(22)30(24)18-9-15-28-19-14-26-20-28/h1,3-6,10-14,19-20,24H,2,7-9,15-18H2. The zero-order valence-electron chi connectivity index (χ0n) is 17.4. The Kier molecular flexibility index (Phi) is 5.51. The maximum atomic E-state index is 5.22. The molecule has 0 saturated carbocycles. The summed E-state index contributed by atoms with van der Waals surface area (Å²) in [5.74, 6) is 1.21.